The summed E-state index contributed by atoms with van der Waals surface area (Å²) in [7, 11) is 0. The molecule has 2 heterocycles. The van der Waals surface area contributed by atoms with Crippen LogP contribution in [0.3, 0.4) is 0 Å². The summed E-state index contributed by atoms with van der Waals surface area (Å²) >= 11 is 1.08. The topological polar surface area (TPSA) is 79.1 Å². The molecule has 1 aromatic heterocycles. The molecule has 1 atom stereocenters. The highest BCUT2D eigenvalue weighted by Crippen LogP contribution is 2.15. The van der Waals surface area contributed by atoms with Crippen LogP contribution in [0.2, 0.25) is 0 Å². The molecule has 0 spiro atoms. The largest absolute Gasteiger partial charge is 0.360 e. The molecule has 2 rings (SSSR count). The predicted octanol–water partition coefficient (Wildman–Crippen LogP) is 0.211. The molecular weight excluding hydrogens is 228 g/mol. The summed E-state index contributed by atoms with van der Waals surface area (Å²) in [6.07, 6.45) is -0.529. The van der Waals surface area contributed by atoms with Gasteiger partial charge in [-0.2, -0.15) is 5.26 Å². The van der Waals surface area contributed by atoms with Crippen molar-refractivity contribution in [2.75, 3.05) is 19.7 Å². The molecule has 0 radical (unpaired) electrons. The maximum atomic E-state index is 12.0. The van der Waals surface area contributed by atoms with Crippen molar-refractivity contribution in [3.05, 3.63) is 10.6 Å². The summed E-state index contributed by atoms with van der Waals surface area (Å²) < 4.78 is 8.90. The predicted molar refractivity (Wildman–Crippen MR) is 55.9 cm³/mol. The van der Waals surface area contributed by atoms with Gasteiger partial charge in [0.05, 0.1) is 24.9 Å². The van der Waals surface area contributed by atoms with E-state index >= 15 is 0 Å². The monoisotopic (exact) mass is 238 g/mol. The highest BCUT2D eigenvalue weighted by molar-refractivity contribution is 7.07. The van der Waals surface area contributed by atoms with Crippen LogP contribution in [-0.4, -0.2) is 46.2 Å². The van der Waals surface area contributed by atoms with E-state index in [1.54, 1.807) is 11.8 Å². The van der Waals surface area contributed by atoms with Crippen molar-refractivity contribution < 1.29 is 9.53 Å². The lowest BCUT2D eigenvalue weighted by Gasteiger charge is -2.29. The summed E-state index contributed by atoms with van der Waals surface area (Å²) in [4.78, 5) is 14.2. The molecule has 1 amide bonds. The number of morpholine rings is 1. The van der Waals surface area contributed by atoms with Gasteiger partial charge in [-0.15, -0.1) is 5.10 Å². The minimum Gasteiger partial charge on any atom is -0.360 e. The highest BCUT2D eigenvalue weighted by atomic mass is 32.1. The number of nitrogens with zero attached hydrogens (tertiary/aromatic N) is 4. The number of rotatable bonds is 1. The van der Waals surface area contributed by atoms with E-state index in [2.05, 4.69) is 9.59 Å². The first-order valence-electron chi connectivity index (χ1n) is 4.82. The van der Waals surface area contributed by atoms with Gasteiger partial charge in [0.15, 0.2) is 6.10 Å². The molecule has 0 bridgehead atoms. The van der Waals surface area contributed by atoms with E-state index in [0.717, 1.165) is 11.5 Å². The first-order valence-corrected chi connectivity index (χ1v) is 5.59. The molecule has 6 nitrogen and oxygen atoms in total. The molecule has 0 aliphatic carbocycles. The van der Waals surface area contributed by atoms with E-state index in [9.17, 15) is 4.79 Å². The zero-order valence-corrected chi connectivity index (χ0v) is 9.53. The molecule has 1 aliphatic rings. The van der Waals surface area contributed by atoms with Crippen molar-refractivity contribution in [3.8, 4) is 6.07 Å². The molecule has 1 unspecified atom stereocenters. The minimum atomic E-state index is -0.529. The van der Waals surface area contributed by atoms with Crippen molar-refractivity contribution in [1.82, 2.24) is 14.5 Å². The number of ether oxygens (including phenoxy) is 1. The lowest BCUT2D eigenvalue weighted by molar-refractivity contribution is 0.00365. The second-order valence-electron chi connectivity index (χ2n) is 3.43. The average molecular weight is 238 g/mol. The number of amides is 1. The maximum absolute atomic E-state index is 12.0. The van der Waals surface area contributed by atoms with Gasteiger partial charge in [-0.1, -0.05) is 4.49 Å². The summed E-state index contributed by atoms with van der Waals surface area (Å²) in [6.45, 7) is 2.97. The Bertz CT molecular complexity index is 439. The normalized spacial score (nSPS) is 20.5. The fourth-order valence-corrected chi connectivity index (χ4v) is 2.11. The van der Waals surface area contributed by atoms with Gasteiger partial charge < -0.3 is 9.64 Å². The Morgan fingerprint density at radius 2 is 2.56 bits per heavy atom. The quantitative estimate of drug-likeness (QED) is 0.698. The number of hydrogen-bond acceptors (Lipinski definition) is 6. The second-order valence-corrected chi connectivity index (χ2v) is 4.18. The summed E-state index contributed by atoms with van der Waals surface area (Å²) in [6, 6.07) is 2.00. The first-order chi connectivity index (χ1) is 7.72. The zero-order valence-electron chi connectivity index (χ0n) is 8.71. The van der Waals surface area contributed by atoms with Crippen LogP contribution in [0.5, 0.6) is 0 Å². The number of carbonyl (C=O) groups is 1. The standard InChI is InChI=1S/C9H10N4O2S/c1-6-8(16-12-11-6)9(14)13-2-3-15-7(4-10)5-13/h7H,2-3,5H2,1H3. The molecule has 7 heteroatoms. The third-order valence-electron chi connectivity index (χ3n) is 2.34. The molecule has 84 valence electrons. The van der Waals surface area contributed by atoms with Crippen molar-refractivity contribution in [3.63, 3.8) is 0 Å². The average Bonchev–Trinajstić information content (AvgIpc) is 2.74. The van der Waals surface area contributed by atoms with Gasteiger partial charge in [0.1, 0.15) is 4.88 Å². The number of aryl methyl sites for hydroxylation is 1. The Hall–Kier alpha value is -1.52. The highest BCUT2D eigenvalue weighted by Gasteiger charge is 2.27. The molecular formula is C9H10N4O2S. The van der Waals surface area contributed by atoms with Gasteiger partial charge in [-0.05, 0) is 18.5 Å². The van der Waals surface area contributed by atoms with E-state index < -0.39 is 6.10 Å². The van der Waals surface area contributed by atoms with Crippen LogP contribution in [0.15, 0.2) is 0 Å². The molecule has 1 saturated heterocycles. The fourth-order valence-electron chi connectivity index (χ4n) is 1.48. The molecule has 1 fully saturated rings. The van der Waals surface area contributed by atoms with Crippen LogP contribution >= 0.6 is 11.5 Å². The van der Waals surface area contributed by atoms with E-state index in [4.69, 9.17) is 10.00 Å². The van der Waals surface area contributed by atoms with E-state index in [1.807, 2.05) is 6.07 Å². The third-order valence-corrected chi connectivity index (χ3v) is 3.16. The van der Waals surface area contributed by atoms with E-state index in [0.29, 0.717) is 30.3 Å². The van der Waals surface area contributed by atoms with Gasteiger partial charge in [0.25, 0.3) is 5.91 Å². The van der Waals surface area contributed by atoms with Gasteiger partial charge >= 0.3 is 0 Å². The van der Waals surface area contributed by atoms with Crippen LogP contribution < -0.4 is 0 Å². The van der Waals surface area contributed by atoms with E-state index in [-0.39, 0.29) is 5.91 Å². The molecule has 0 aromatic carbocycles. The van der Waals surface area contributed by atoms with Crippen LogP contribution in [0.1, 0.15) is 15.4 Å². The Kier molecular flexibility index (Phi) is 3.12. The van der Waals surface area contributed by atoms with Crippen molar-refractivity contribution in [2.24, 2.45) is 0 Å². The molecule has 16 heavy (non-hydrogen) atoms. The molecule has 0 saturated carbocycles. The van der Waals surface area contributed by atoms with E-state index in [1.165, 1.54) is 0 Å². The van der Waals surface area contributed by atoms with Crippen LogP contribution in [0.25, 0.3) is 0 Å². The zero-order chi connectivity index (χ0) is 11.5. The van der Waals surface area contributed by atoms with Gasteiger partial charge in [-0.25, -0.2) is 0 Å². The fraction of sp³-hybridized carbons (Fsp3) is 0.556. The summed E-state index contributed by atoms with van der Waals surface area (Å²) in [5, 5.41) is 12.5. The summed E-state index contributed by atoms with van der Waals surface area (Å²) in [5.41, 5.74) is 0.634. The molecule has 1 aromatic rings. The van der Waals surface area contributed by atoms with Crippen molar-refractivity contribution in [1.29, 1.82) is 5.26 Å². The number of carbonyl (C=O) groups excluding carboxylic acids is 1. The Morgan fingerprint density at radius 1 is 1.75 bits per heavy atom. The van der Waals surface area contributed by atoms with Crippen molar-refractivity contribution >= 4 is 17.4 Å². The Labute approximate surface area is 96.6 Å². The smallest absolute Gasteiger partial charge is 0.267 e. The number of hydrogen-bond donors (Lipinski definition) is 0. The van der Waals surface area contributed by atoms with Gasteiger partial charge in [-0.3, -0.25) is 4.79 Å². The van der Waals surface area contributed by atoms with Crippen LogP contribution in [-0.2, 0) is 4.74 Å². The van der Waals surface area contributed by atoms with Gasteiger partial charge in [0, 0.05) is 6.54 Å². The first kappa shape index (κ1) is 11.0. The Morgan fingerprint density at radius 3 is 3.19 bits per heavy atom. The lowest BCUT2D eigenvalue weighted by atomic mass is 10.2. The van der Waals surface area contributed by atoms with Crippen molar-refractivity contribution in [2.45, 2.75) is 13.0 Å². The molecule has 1 aliphatic heterocycles. The van der Waals surface area contributed by atoms with Crippen LogP contribution in [0, 0.1) is 18.3 Å². The third kappa shape index (κ3) is 2.03. The lowest BCUT2D eigenvalue weighted by Crippen LogP contribution is -2.45. The second kappa shape index (κ2) is 4.55. The molecule has 0 N–H and O–H groups in total. The minimum absolute atomic E-state index is 0.115. The number of nitriles is 1. The Balaban J connectivity index is 2.11. The number of aromatic nitrogens is 2. The van der Waals surface area contributed by atoms with Crippen LogP contribution in [0.4, 0.5) is 0 Å². The van der Waals surface area contributed by atoms with Gasteiger partial charge in [0.2, 0.25) is 0 Å². The maximum Gasteiger partial charge on any atom is 0.267 e. The summed E-state index contributed by atoms with van der Waals surface area (Å²) in [5.74, 6) is -0.115. The SMILES string of the molecule is Cc1nnsc1C(=O)N1CCOC(C#N)C1.